The Labute approximate surface area is 174 Å². The van der Waals surface area contributed by atoms with Crippen LogP contribution in [-0.4, -0.2) is 33.0 Å². The SMILES string of the molecule is CC(=O)Nc1cc(-c2cccc(/C(C)=N\O)n2)cc(Nc2cccc(C)n2)c1C=N. The van der Waals surface area contributed by atoms with E-state index in [0.29, 0.717) is 45.4 Å². The number of nitrogens with zero attached hydrogens (tertiary/aromatic N) is 3. The second-order valence-corrected chi connectivity index (χ2v) is 6.69. The second-order valence-electron chi connectivity index (χ2n) is 6.69. The summed E-state index contributed by atoms with van der Waals surface area (Å²) < 4.78 is 0. The first kappa shape index (κ1) is 20.7. The van der Waals surface area contributed by atoms with E-state index in [1.54, 1.807) is 19.1 Å². The zero-order valence-electron chi connectivity index (χ0n) is 16.9. The molecule has 1 amide bonds. The third-order valence-electron chi connectivity index (χ3n) is 4.35. The number of oxime groups is 1. The highest BCUT2D eigenvalue weighted by Gasteiger charge is 2.14. The molecule has 0 fully saturated rings. The normalized spacial score (nSPS) is 11.1. The van der Waals surface area contributed by atoms with E-state index in [2.05, 4.69) is 25.8 Å². The van der Waals surface area contributed by atoms with Crippen LogP contribution >= 0.6 is 0 Å². The Kier molecular flexibility index (Phi) is 6.17. The molecule has 0 radical (unpaired) electrons. The molecule has 30 heavy (non-hydrogen) atoms. The standard InChI is InChI=1S/C22H22N6O2/c1-13-6-4-9-22(24-13)27-21-11-16(10-20(17(21)12-23)25-15(3)29)19-8-5-7-18(26-19)14(2)28-30/h4-12,23,30H,1-3H3,(H,24,27)(H,25,29)/b23-12?,28-14-. The van der Waals surface area contributed by atoms with Gasteiger partial charge < -0.3 is 21.3 Å². The third kappa shape index (κ3) is 4.67. The summed E-state index contributed by atoms with van der Waals surface area (Å²) in [7, 11) is 0. The van der Waals surface area contributed by atoms with Crippen LogP contribution in [-0.2, 0) is 4.79 Å². The molecule has 152 valence electrons. The fourth-order valence-corrected chi connectivity index (χ4v) is 2.95. The van der Waals surface area contributed by atoms with Gasteiger partial charge in [-0.2, -0.15) is 0 Å². The minimum Gasteiger partial charge on any atom is -0.411 e. The Hall–Kier alpha value is -4.07. The molecule has 0 spiro atoms. The van der Waals surface area contributed by atoms with Gasteiger partial charge >= 0.3 is 0 Å². The highest BCUT2D eigenvalue weighted by molar-refractivity contribution is 6.02. The Morgan fingerprint density at radius 2 is 1.83 bits per heavy atom. The van der Waals surface area contributed by atoms with Crippen molar-refractivity contribution in [3.63, 3.8) is 0 Å². The van der Waals surface area contributed by atoms with Crippen molar-refractivity contribution in [3.8, 4) is 11.3 Å². The lowest BCUT2D eigenvalue weighted by molar-refractivity contribution is -0.114. The van der Waals surface area contributed by atoms with Crippen LogP contribution in [0.2, 0.25) is 0 Å². The number of aromatic nitrogens is 2. The number of anilines is 3. The number of rotatable bonds is 6. The van der Waals surface area contributed by atoms with Gasteiger partial charge in [0.05, 0.1) is 22.8 Å². The molecular formula is C22H22N6O2. The largest absolute Gasteiger partial charge is 0.411 e. The zero-order chi connectivity index (χ0) is 21.7. The van der Waals surface area contributed by atoms with E-state index in [4.69, 9.17) is 10.6 Å². The Balaban J connectivity index is 2.16. The first-order valence-electron chi connectivity index (χ1n) is 9.24. The summed E-state index contributed by atoms with van der Waals surface area (Å²) in [6.07, 6.45) is 1.18. The molecule has 2 heterocycles. The molecule has 0 atom stereocenters. The van der Waals surface area contributed by atoms with Crippen LogP contribution in [0.15, 0.2) is 53.7 Å². The number of nitrogens with one attached hydrogen (secondary N) is 3. The smallest absolute Gasteiger partial charge is 0.221 e. The molecule has 0 saturated carbocycles. The fraction of sp³-hybridized carbons (Fsp3) is 0.136. The van der Waals surface area contributed by atoms with Crippen molar-refractivity contribution in [3.05, 3.63) is 65.5 Å². The molecule has 0 aliphatic carbocycles. The Morgan fingerprint density at radius 1 is 1.10 bits per heavy atom. The van der Waals surface area contributed by atoms with Crippen molar-refractivity contribution < 1.29 is 10.0 Å². The minimum absolute atomic E-state index is 0.250. The van der Waals surface area contributed by atoms with Crippen molar-refractivity contribution in [2.45, 2.75) is 20.8 Å². The molecule has 3 rings (SSSR count). The van der Waals surface area contributed by atoms with Crippen LogP contribution in [0.1, 0.15) is 30.8 Å². The predicted molar refractivity (Wildman–Crippen MR) is 118 cm³/mol. The summed E-state index contributed by atoms with van der Waals surface area (Å²) in [5.41, 5.74) is 4.70. The second kappa shape index (κ2) is 8.95. The van der Waals surface area contributed by atoms with E-state index in [1.165, 1.54) is 13.1 Å². The van der Waals surface area contributed by atoms with Crippen molar-refractivity contribution in [1.29, 1.82) is 5.41 Å². The van der Waals surface area contributed by atoms with Crippen LogP contribution in [0.4, 0.5) is 17.2 Å². The molecule has 8 nitrogen and oxygen atoms in total. The monoisotopic (exact) mass is 402 g/mol. The van der Waals surface area contributed by atoms with Gasteiger partial charge in [-0.3, -0.25) is 4.79 Å². The molecule has 0 aliphatic heterocycles. The molecule has 1 aromatic carbocycles. The average molecular weight is 402 g/mol. The molecule has 8 heteroatoms. The van der Waals surface area contributed by atoms with Gasteiger partial charge in [0.1, 0.15) is 11.5 Å². The van der Waals surface area contributed by atoms with Gasteiger partial charge in [-0.25, -0.2) is 9.97 Å². The average Bonchev–Trinajstić information content (AvgIpc) is 2.72. The maximum atomic E-state index is 11.7. The fourth-order valence-electron chi connectivity index (χ4n) is 2.95. The zero-order valence-corrected chi connectivity index (χ0v) is 16.9. The molecule has 0 saturated heterocycles. The van der Waals surface area contributed by atoms with Gasteiger partial charge in [0.15, 0.2) is 0 Å². The van der Waals surface area contributed by atoms with Crippen LogP contribution < -0.4 is 10.6 Å². The van der Waals surface area contributed by atoms with E-state index in [0.717, 1.165) is 5.69 Å². The van der Waals surface area contributed by atoms with Gasteiger partial charge in [-0.1, -0.05) is 17.3 Å². The lowest BCUT2D eigenvalue weighted by Crippen LogP contribution is -2.10. The number of carbonyl (C=O) groups excluding carboxylic acids is 1. The van der Waals surface area contributed by atoms with E-state index < -0.39 is 0 Å². The van der Waals surface area contributed by atoms with Crippen LogP contribution in [0, 0.1) is 12.3 Å². The summed E-state index contributed by atoms with van der Waals surface area (Å²) in [4.78, 5) is 20.7. The van der Waals surface area contributed by atoms with Gasteiger partial charge in [0.25, 0.3) is 0 Å². The molecule has 3 aromatic rings. The van der Waals surface area contributed by atoms with E-state index in [-0.39, 0.29) is 5.91 Å². The minimum atomic E-state index is -0.250. The lowest BCUT2D eigenvalue weighted by atomic mass is 10.0. The molecule has 2 aromatic heterocycles. The summed E-state index contributed by atoms with van der Waals surface area (Å²) in [5, 5.41) is 26.1. The van der Waals surface area contributed by atoms with Gasteiger partial charge in [0.2, 0.25) is 5.91 Å². The number of carbonyl (C=O) groups is 1. The van der Waals surface area contributed by atoms with Gasteiger partial charge in [0, 0.05) is 30.0 Å². The Morgan fingerprint density at radius 3 is 2.50 bits per heavy atom. The maximum absolute atomic E-state index is 11.7. The number of benzene rings is 1. The predicted octanol–water partition coefficient (Wildman–Crippen LogP) is 4.35. The maximum Gasteiger partial charge on any atom is 0.221 e. The first-order chi connectivity index (χ1) is 14.4. The van der Waals surface area contributed by atoms with Crippen molar-refractivity contribution in [2.75, 3.05) is 10.6 Å². The topological polar surface area (TPSA) is 123 Å². The van der Waals surface area contributed by atoms with Gasteiger partial charge in [-0.05, 0) is 50.2 Å². The molecule has 0 unspecified atom stereocenters. The van der Waals surface area contributed by atoms with Crippen LogP contribution in [0.3, 0.4) is 0 Å². The molecule has 0 aliphatic rings. The van der Waals surface area contributed by atoms with Crippen LogP contribution in [0.5, 0.6) is 0 Å². The van der Waals surface area contributed by atoms with E-state index >= 15 is 0 Å². The summed E-state index contributed by atoms with van der Waals surface area (Å²) >= 11 is 0. The molecular weight excluding hydrogens is 380 g/mol. The number of hydrogen-bond donors (Lipinski definition) is 4. The van der Waals surface area contributed by atoms with Crippen molar-refractivity contribution in [1.82, 2.24) is 9.97 Å². The quantitative estimate of drug-likeness (QED) is 0.277. The number of pyridine rings is 2. The summed E-state index contributed by atoms with van der Waals surface area (Å²) in [5.74, 6) is 0.369. The van der Waals surface area contributed by atoms with Crippen molar-refractivity contribution in [2.24, 2.45) is 5.16 Å². The van der Waals surface area contributed by atoms with Crippen LogP contribution in [0.25, 0.3) is 11.3 Å². The van der Waals surface area contributed by atoms with E-state index in [1.807, 2.05) is 43.3 Å². The van der Waals surface area contributed by atoms with Crippen molar-refractivity contribution >= 4 is 35.0 Å². The highest BCUT2D eigenvalue weighted by atomic mass is 16.4. The van der Waals surface area contributed by atoms with E-state index in [9.17, 15) is 4.79 Å². The first-order valence-corrected chi connectivity index (χ1v) is 9.24. The third-order valence-corrected chi connectivity index (χ3v) is 4.35. The number of aryl methyl sites for hydroxylation is 1. The molecule has 4 N–H and O–H groups in total. The lowest BCUT2D eigenvalue weighted by Gasteiger charge is -2.16. The summed E-state index contributed by atoms with van der Waals surface area (Å²) in [6.45, 7) is 4.96. The number of hydrogen-bond acceptors (Lipinski definition) is 7. The Bertz CT molecular complexity index is 1140. The summed E-state index contributed by atoms with van der Waals surface area (Å²) in [6, 6.07) is 14.6. The molecule has 0 bridgehead atoms. The van der Waals surface area contributed by atoms with Gasteiger partial charge in [-0.15, -0.1) is 0 Å². The number of amides is 1. The highest BCUT2D eigenvalue weighted by Crippen LogP contribution is 2.32.